The van der Waals surface area contributed by atoms with E-state index in [1.165, 1.54) is 0 Å². The third-order valence-electron chi connectivity index (χ3n) is 10.8. The lowest BCUT2D eigenvalue weighted by Gasteiger charge is -2.47. The number of hydrogen-bond donors (Lipinski definition) is 0. The first-order valence-electron chi connectivity index (χ1n) is 14.6. The topological polar surface area (TPSA) is 55.7 Å². The summed E-state index contributed by atoms with van der Waals surface area (Å²) in [4.78, 5) is 0. The van der Waals surface area contributed by atoms with Crippen LogP contribution in [-0.2, 0) is 14.4 Å². The molecular weight excluding hydrogens is 549 g/mol. The fraction of sp³-hybridized carbons (Fsp3) is 0.515. The Bertz CT molecular complexity index is 1570. The largest absolute Gasteiger partial charge is 0.413 e. The van der Waals surface area contributed by atoms with E-state index in [4.69, 9.17) is 8.58 Å². The lowest BCUT2D eigenvalue weighted by atomic mass is 9.70. The Hall–Kier alpha value is -1.72. The molecule has 0 amide bonds. The molecule has 40 heavy (non-hydrogen) atoms. The van der Waals surface area contributed by atoms with Crippen molar-refractivity contribution in [3.8, 4) is 0 Å². The molecule has 4 atom stereocenters. The highest BCUT2D eigenvalue weighted by molar-refractivity contribution is 7.97. The zero-order chi connectivity index (χ0) is 29.2. The van der Waals surface area contributed by atoms with Crippen LogP contribution < -0.4 is 10.6 Å². The molecule has 3 aromatic rings. The van der Waals surface area contributed by atoms with Gasteiger partial charge in [-0.05, 0) is 71.5 Å². The summed E-state index contributed by atoms with van der Waals surface area (Å²) in [6.45, 7) is 18.0. The van der Waals surface area contributed by atoms with Crippen LogP contribution in [0.25, 0.3) is 10.8 Å². The summed E-state index contributed by atoms with van der Waals surface area (Å²) in [6, 6.07) is 24.5. The molecule has 2 saturated carbocycles. The fourth-order valence-electron chi connectivity index (χ4n) is 7.18. The molecule has 4 nitrogen and oxygen atoms in total. The van der Waals surface area contributed by atoms with Gasteiger partial charge in [0.2, 0.25) is 0 Å². The maximum atomic E-state index is 14.5. The van der Waals surface area contributed by atoms with Crippen molar-refractivity contribution in [3.63, 3.8) is 0 Å². The summed E-state index contributed by atoms with van der Waals surface area (Å²) in [5.41, 5.74) is -0.556. The number of benzene rings is 3. The summed E-state index contributed by atoms with van der Waals surface area (Å²) < 4.78 is 41.0. The fourth-order valence-corrected chi connectivity index (χ4v) is 14.9. The molecule has 3 aromatic carbocycles. The van der Waals surface area contributed by atoms with E-state index in [9.17, 15) is 8.42 Å². The predicted molar refractivity (Wildman–Crippen MR) is 174 cm³/mol. The van der Waals surface area contributed by atoms with E-state index in [1.54, 1.807) is 0 Å². The second-order valence-electron chi connectivity index (χ2n) is 14.3. The molecule has 5 rings (SSSR count). The number of hydrogen-bond acceptors (Lipinski definition) is 3. The Labute approximate surface area is 243 Å². The monoisotopic (exact) mass is 595 g/mol. The van der Waals surface area contributed by atoms with Crippen molar-refractivity contribution < 1.29 is 12.8 Å². The molecule has 0 aromatic heterocycles. The number of fused-ring (bicyclic) bond motifs is 3. The van der Waals surface area contributed by atoms with Crippen LogP contribution in [0.2, 0.25) is 18.1 Å². The molecule has 2 bridgehead atoms. The van der Waals surface area contributed by atoms with Crippen molar-refractivity contribution in [1.82, 2.24) is 0 Å². The van der Waals surface area contributed by atoms with Gasteiger partial charge in [-0.2, -0.15) is 4.15 Å². The van der Waals surface area contributed by atoms with Gasteiger partial charge in [0.25, 0.3) is 10.0 Å². The molecule has 0 spiro atoms. The second-order valence-corrected chi connectivity index (χ2v) is 24.1. The van der Waals surface area contributed by atoms with E-state index < -0.39 is 30.8 Å². The minimum absolute atomic E-state index is 0.0500. The number of sulfonamides is 1. The van der Waals surface area contributed by atoms with E-state index in [2.05, 4.69) is 78.6 Å². The number of rotatable bonds is 7. The Morgan fingerprint density at radius 3 is 2.25 bits per heavy atom. The van der Waals surface area contributed by atoms with Gasteiger partial charge in [0.1, 0.15) is 0 Å². The Morgan fingerprint density at radius 1 is 0.975 bits per heavy atom. The lowest BCUT2D eigenvalue weighted by molar-refractivity contribution is 0.0237. The Morgan fingerprint density at radius 2 is 1.60 bits per heavy atom. The molecule has 0 N–H and O–H groups in total. The highest BCUT2D eigenvalue weighted by Crippen LogP contribution is 2.68. The van der Waals surface area contributed by atoms with Crippen molar-refractivity contribution in [2.75, 3.05) is 12.4 Å². The first-order chi connectivity index (χ1) is 18.5. The first kappa shape index (κ1) is 29.8. The molecule has 0 heterocycles. The van der Waals surface area contributed by atoms with Crippen LogP contribution in [0.4, 0.5) is 0 Å². The third kappa shape index (κ3) is 4.87. The van der Waals surface area contributed by atoms with E-state index in [1.807, 2.05) is 48.5 Å². The Balaban J connectivity index is 1.65. The molecule has 216 valence electrons. The standard InChI is InChI=1S/C33H46NO3PSSi/c1-31(2,3)40(7,8)37-30-23-26-21-22-33(30,32(26,4)5)24-39(35,36)34-38(6,27-17-10-9-11-18-27)29-20-14-16-25-15-12-13-19-28(25)29/h9-20,26,30H,21-24H2,1-8H3. The summed E-state index contributed by atoms with van der Waals surface area (Å²) in [6.07, 6.45) is 2.84. The highest BCUT2D eigenvalue weighted by atomic mass is 32.2. The van der Waals surface area contributed by atoms with Gasteiger partial charge in [0.15, 0.2) is 8.32 Å². The maximum Gasteiger partial charge on any atom is 0.253 e. The van der Waals surface area contributed by atoms with Crippen LogP contribution in [0.3, 0.4) is 0 Å². The Kier molecular flexibility index (Phi) is 7.39. The molecule has 2 aliphatic rings. The van der Waals surface area contributed by atoms with E-state index in [-0.39, 0.29) is 22.3 Å². The van der Waals surface area contributed by atoms with Crippen LogP contribution in [0.15, 0.2) is 76.9 Å². The molecule has 0 aliphatic heterocycles. The van der Waals surface area contributed by atoms with Crippen LogP contribution in [-0.4, -0.2) is 35.3 Å². The van der Waals surface area contributed by atoms with Crippen LogP contribution in [0, 0.1) is 16.7 Å². The molecule has 4 unspecified atom stereocenters. The van der Waals surface area contributed by atoms with E-state index in [0.29, 0.717) is 5.92 Å². The van der Waals surface area contributed by atoms with Gasteiger partial charge in [0, 0.05) is 17.8 Å². The second kappa shape index (κ2) is 9.93. The average Bonchev–Trinajstić information content (AvgIpc) is 3.22. The van der Waals surface area contributed by atoms with Crippen molar-refractivity contribution in [2.45, 2.75) is 78.1 Å². The summed E-state index contributed by atoms with van der Waals surface area (Å²) in [7, 11) is -8.56. The summed E-state index contributed by atoms with van der Waals surface area (Å²) in [5, 5.41) is 4.24. The van der Waals surface area contributed by atoms with Gasteiger partial charge in [-0.3, -0.25) is 0 Å². The summed E-state index contributed by atoms with van der Waals surface area (Å²) in [5.74, 6) is 0.529. The minimum atomic E-state index is -3.82. The van der Waals surface area contributed by atoms with Crippen molar-refractivity contribution >= 4 is 46.8 Å². The maximum absolute atomic E-state index is 14.5. The van der Waals surface area contributed by atoms with Gasteiger partial charge in [-0.1, -0.05) is 107 Å². The third-order valence-corrected chi connectivity index (χ3v) is 21.1. The van der Waals surface area contributed by atoms with Crippen LogP contribution in [0.5, 0.6) is 0 Å². The minimum Gasteiger partial charge on any atom is -0.413 e. The number of nitrogens with zero attached hydrogens (tertiary/aromatic N) is 1. The zero-order valence-corrected chi connectivity index (χ0v) is 28.1. The van der Waals surface area contributed by atoms with Crippen LogP contribution in [0.1, 0.15) is 53.9 Å². The SMILES string of the molecule is CC1(C)C2CCC1(CS(=O)(=O)N=P(C)(c1ccccc1)c1cccc3ccccc13)C(O[Si](C)(C)C(C)(C)C)C2. The smallest absolute Gasteiger partial charge is 0.253 e. The summed E-state index contributed by atoms with van der Waals surface area (Å²) >= 11 is 0. The predicted octanol–water partition coefficient (Wildman–Crippen LogP) is 8.17. The van der Waals surface area contributed by atoms with Gasteiger partial charge >= 0.3 is 0 Å². The quantitative estimate of drug-likeness (QED) is 0.205. The van der Waals surface area contributed by atoms with E-state index in [0.717, 1.165) is 40.6 Å². The first-order valence-corrected chi connectivity index (χ1v) is 21.3. The molecule has 2 aliphatic carbocycles. The van der Waals surface area contributed by atoms with Gasteiger partial charge in [0.05, 0.1) is 11.9 Å². The normalized spacial score (nSPS) is 26.1. The zero-order valence-electron chi connectivity index (χ0n) is 25.4. The lowest BCUT2D eigenvalue weighted by Crippen LogP contribution is -2.52. The van der Waals surface area contributed by atoms with Gasteiger partial charge < -0.3 is 4.43 Å². The molecule has 0 saturated heterocycles. The van der Waals surface area contributed by atoms with E-state index >= 15 is 0 Å². The molecular formula is C33H46NO3PSSi. The highest BCUT2D eigenvalue weighted by Gasteiger charge is 2.66. The van der Waals surface area contributed by atoms with Gasteiger partial charge in [-0.25, -0.2) is 8.42 Å². The van der Waals surface area contributed by atoms with Gasteiger partial charge in [-0.15, -0.1) is 0 Å². The van der Waals surface area contributed by atoms with Crippen molar-refractivity contribution in [2.24, 2.45) is 20.9 Å². The molecule has 2 fully saturated rings. The molecule has 7 heteroatoms. The van der Waals surface area contributed by atoms with Crippen LogP contribution >= 0.6 is 7.05 Å². The molecule has 0 radical (unpaired) electrons. The van der Waals surface area contributed by atoms with Crippen molar-refractivity contribution in [3.05, 3.63) is 72.8 Å². The van der Waals surface area contributed by atoms with Crippen molar-refractivity contribution in [1.29, 1.82) is 0 Å². The average molecular weight is 596 g/mol.